The third-order valence-corrected chi connectivity index (χ3v) is 3.53. The van der Waals surface area contributed by atoms with Crippen LogP contribution in [0, 0.1) is 0 Å². The quantitative estimate of drug-likeness (QED) is 0.611. The fraction of sp³-hybridized carbons (Fsp3) is 0. The molecule has 0 spiro atoms. The van der Waals surface area contributed by atoms with Crippen LogP contribution in [0.15, 0.2) is 67.1 Å². The maximum Gasteiger partial charge on any atom is 0.276 e. The van der Waals surface area contributed by atoms with Gasteiger partial charge in [0.1, 0.15) is 5.69 Å². The molecule has 0 saturated carbocycles. The van der Waals surface area contributed by atoms with Gasteiger partial charge in [-0.15, -0.1) is 0 Å². The van der Waals surface area contributed by atoms with Gasteiger partial charge >= 0.3 is 0 Å². The fourth-order valence-corrected chi connectivity index (χ4v) is 2.44. The number of rotatable bonds is 3. The predicted molar refractivity (Wildman–Crippen MR) is 87.6 cm³/mol. The molecule has 6 heteroatoms. The molecule has 0 aliphatic rings. The SMILES string of the molecule is O=C(Nc1nc2ccccc2[nH]1)c1cncn1-c1ccccc1. The first kappa shape index (κ1) is 13.3. The number of hydrogen-bond acceptors (Lipinski definition) is 3. The first-order chi connectivity index (χ1) is 11.3. The lowest BCUT2D eigenvalue weighted by molar-refractivity contribution is 0.102. The highest BCUT2D eigenvalue weighted by atomic mass is 16.2. The molecule has 0 fully saturated rings. The minimum Gasteiger partial charge on any atom is -0.324 e. The maximum atomic E-state index is 12.5. The van der Waals surface area contributed by atoms with E-state index in [-0.39, 0.29) is 5.91 Å². The van der Waals surface area contributed by atoms with Crippen LogP contribution in [-0.4, -0.2) is 25.4 Å². The lowest BCUT2D eigenvalue weighted by Crippen LogP contribution is -2.16. The van der Waals surface area contributed by atoms with Crippen molar-refractivity contribution in [3.05, 3.63) is 72.8 Å². The topological polar surface area (TPSA) is 75.6 Å². The van der Waals surface area contributed by atoms with Gasteiger partial charge in [-0.25, -0.2) is 9.97 Å². The largest absolute Gasteiger partial charge is 0.324 e. The van der Waals surface area contributed by atoms with Gasteiger partial charge < -0.3 is 4.98 Å². The van der Waals surface area contributed by atoms with Crippen LogP contribution in [0.3, 0.4) is 0 Å². The number of carbonyl (C=O) groups is 1. The average molecular weight is 303 g/mol. The molecule has 2 aromatic heterocycles. The molecule has 0 aliphatic heterocycles. The van der Waals surface area contributed by atoms with Gasteiger partial charge in [-0.3, -0.25) is 14.7 Å². The van der Waals surface area contributed by atoms with Gasteiger partial charge in [0.05, 0.1) is 23.6 Å². The van der Waals surface area contributed by atoms with E-state index >= 15 is 0 Å². The minimum atomic E-state index is -0.273. The Balaban J connectivity index is 1.64. The van der Waals surface area contributed by atoms with E-state index in [1.807, 2.05) is 54.6 Å². The van der Waals surface area contributed by atoms with E-state index in [0.29, 0.717) is 11.6 Å². The molecule has 0 saturated heterocycles. The van der Waals surface area contributed by atoms with Crippen molar-refractivity contribution in [1.29, 1.82) is 0 Å². The van der Waals surface area contributed by atoms with E-state index in [1.165, 1.54) is 6.20 Å². The van der Waals surface area contributed by atoms with Crippen molar-refractivity contribution >= 4 is 22.9 Å². The summed E-state index contributed by atoms with van der Waals surface area (Å²) in [6.45, 7) is 0. The second-order valence-corrected chi connectivity index (χ2v) is 5.04. The highest BCUT2D eigenvalue weighted by Crippen LogP contribution is 2.15. The molecule has 0 aliphatic carbocycles. The zero-order chi connectivity index (χ0) is 15.6. The number of nitrogens with one attached hydrogen (secondary N) is 2. The van der Waals surface area contributed by atoms with Gasteiger partial charge in [0.25, 0.3) is 5.91 Å². The van der Waals surface area contributed by atoms with Crippen LogP contribution in [0.5, 0.6) is 0 Å². The van der Waals surface area contributed by atoms with Gasteiger partial charge in [-0.2, -0.15) is 0 Å². The van der Waals surface area contributed by atoms with Crippen LogP contribution in [0.2, 0.25) is 0 Å². The summed E-state index contributed by atoms with van der Waals surface area (Å²) in [5, 5.41) is 2.78. The Morgan fingerprint density at radius 1 is 1.04 bits per heavy atom. The van der Waals surface area contributed by atoms with E-state index in [2.05, 4.69) is 20.3 Å². The van der Waals surface area contributed by atoms with E-state index < -0.39 is 0 Å². The van der Waals surface area contributed by atoms with Crippen LogP contribution in [0.1, 0.15) is 10.5 Å². The molecule has 4 rings (SSSR count). The second-order valence-electron chi connectivity index (χ2n) is 5.04. The molecule has 0 bridgehead atoms. The Bertz CT molecular complexity index is 938. The van der Waals surface area contributed by atoms with Crippen molar-refractivity contribution < 1.29 is 4.79 Å². The molecule has 23 heavy (non-hydrogen) atoms. The van der Waals surface area contributed by atoms with Crippen molar-refractivity contribution in [2.45, 2.75) is 0 Å². The monoisotopic (exact) mass is 303 g/mol. The fourth-order valence-electron chi connectivity index (χ4n) is 2.44. The Hall–Kier alpha value is -3.41. The molecule has 1 amide bonds. The second kappa shape index (κ2) is 5.42. The van der Waals surface area contributed by atoms with Crippen LogP contribution in [0.25, 0.3) is 16.7 Å². The Labute approximate surface area is 131 Å². The number of imidazole rings is 2. The summed E-state index contributed by atoms with van der Waals surface area (Å²) in [5.74, 6) is 0.141. The summed E-state index contributed by atoms with van der Waals surface area (Å²) < 4.78 is 1.73. The van der Waals surface area contributed by atoms with Crippen LogP contribution < -0.4 is 5.32 Å². The summed E-state index contributed by atoms with van der Waals surface area (Å²) in [7, 11) is 0. The highest BCUT2D eigenvalue weighted by Gasteiger charge is 2.14. The molecule has 2 aromatic carbocycles. The van der Waals surface area contributed by atoms with Gasteiger partial charge in [-0.05, 0) is 24.3 Å². The minimum absolute atomic E-state index is 0.273. The Morgan fingerprint density at radius 3 is 2.65 bits per heavy atom. The predicted octanol–water partition coefficient (Wildman–Crippen LogP) is 3.00. The first-order valence-corrected chi connectivity index (χ1v) is 7.15. The molecule has 0 radical (unpaired) electrons. The number of benzene rings is 2. The number of aromatic amines is 1. The van der Waals surface area contributed by atoms with Gasteiger partial charge in [0.15, 0.2) is 0 Å². The number of fused-ring (bicyclic) bond motifs is 1. The Kier molecular flexibility index (Phi) is 3.12. The molecule has 112 valence electrons. The smallest absolute Gasteiger partial charge is 0.276 e. The number of aromatic nitrogens is 4. The lowest BCUT2D eigenvalue weighted by Gasteiger charge is -2.07. The number of hydrogen-bond donors (Lipinski definition) is 2. The van der Waals surface area contributed by atoms with Gasteiger partial charge in [0.2, 0.25) is 5.95 Å². The normalized spacial score (nSPS) is 10.8. The molecule has 6 nitrogen and oxygen atoms in total. The molecular weight excluding hydrogens is 290 g/mol. The first-order valence-electron chi connectivity index (χ1n) is 7.15. The maximum absolute atomic E-state index is 12.5. The molecule has 2 N–H and O–H groups in total. The van der Waals surface area contributed by atoms with E-state index in [0.717, 1.165) is 16.7 Å². The molecule has 0 unspecified atom stereocenters. The van der Waals surface area contributed by atoms with E-state index in [9.17, 15) is 4.79 Å². The van der Waals surface area contributed by atoms with Crippen LogP contribution in [-0.2, 0) is 0 Å². The highest BCUT2D eigenvalue weighted by molar-refractivity contribution is 6.03. The average Bonchev–Trinajstić information content (AvgIpc) is 3.22. The van der Waals surface area contributed by atoms with E-state index in [1.54, 1.807) is 10.9 Å². The van der Waals surface area contributed by atoms with Crippen LogP contribution >= 0.6 is 0 Å². The molecule has 2 heterocycles. The summed E-state index contributed by atoms with van der Waals surface area (Å²) in [6, 6.07) is 17.2. The standard InChI is InChI=1S/C17H13N5O/c23-16(21-17-19-13-8-4-5-9-14(13)20-17)15-10-18-11-22(15)12-6-2-1-3-7-12/h1-11H,(H2,19,20,21,23). The van der Waals surface area contributed by atoms with E-state index in [4.69, 9.17) is 0 Å². The third kappa shape index (κ3) is 2.46. The zero-order valence-electron chi connectivity index (χ0n) is 12.1. The van der Waals surface area contributed by atoms with Crippen LogP contribution in [0.4, 0.5) is 5.95 Å². The Morgan fingerprint density at radius 2 is 1.83 bits per heavy atom. The number of para-hydroxylation sites is 3. The van der Waals surface area contributed by atoms with Gasteiger partial charge in [-0.1, -0.05) is 30.3 Å². The zero-order valence-corrected chi connectivity index (χ0v) is 12.1. The number of anilines is 1. The lowest BCUT2D eigenvalue weighted by atomic mass is 10.3. The van der Waals surface area contributed by atoms with Crippen molar-refractivity contribution in [1.82, 2.24) is 19.5 Å². The van der Waals surface area contributed by atoms with Crippen molar-refractivity contribution in [3.63, 3.8) is 0 Å². The van der Waals surface area contributed by atoms with Gasteiger partial charge in [0, 0.05) is 5.69 Å². The van der Waals surface area contributed by atoms with Crippen molar-refractivity contribution in [3.8, 4) is 5.69 Å². The summed E-state index contributed by atoms with van der Waals surface area (Å²) >= 11 is 0. The number of H-pyrrole nitrogens is 1. The van der Waals surface area contributed by atoms with Crippen molar-refractivity contribution in [2.75, 3.05) is 5.32 Å². The summed E-state index contributed by atoms with van der Waals surface area (Å²) in [4.78, 5) is 24.0. The van der Waals surface area contributed by atoms with Crippen molar-refractivity contribution in [2.24, 2.45) is 0 Å². The third-order valence-electron chi connectivity index (χ3n) is 3.53. The molecule has 0 atom stereocenters. The number of amides is 1. The molecular formula is C17H13N5O. The summed E-state index contributed by atoms with van der Waals surface area (Å²) in [5.41, 5.74) is 3.00. The number of nitrogens with zero attached hydrogens (tertiary/aromatic N) is 3. The summed E-state index contributed by atoms with van der Waals surface area (Å²) in [6.07, 6.45) is 3.15. The number of carbonyl (C=O) groups excluding carboxylic acids is 1. The molecule has 4 aromatic rings.